The van der Waals surface area contributed by atoms with Crippen LogP contribution in [0.3, 0.4) is 0 Å². The molecule has 0 aliphatic rings. The first-order valence-corrected chi connectivity index (χ1v) is 8.28. The first-order valence-electron chi connectivity index (χ1n) is 8.28. The zero-order valence-electron chi connectivity index (χ0n) is 15.0. The summed E-state index contributed by atoms with van der Waals surface area (Å²) in [5.41, 5.74) is 1.36. The van der Waals surface area contributed by atoms with Gasteiger partial charge in [0.25, 0.3) is 0 Å². The third-order valence-electron chi connectivity index (χ3n) is 3.54. The number of rotatable bonds is 9. The van der Waals surface area contributed by atoms with Crippen LogP contribution < -0.4 is 10.6 Å². The van der Waals surface area contributed by atoms with Gasteiger partial charge in [-0.3, -0.25) is 4.99 Å². The van der Waals surface area contributed by atoms with Crippen molar-refractivity contribution in [2.24, 2.45) is 10.9 Å². The van der Waals surface area contributed by atoms with E-state index in [4.69, 9.17) is 0 Å². The molecule has 0 saturated carbocycles. The minimum Gasteiger partial charge on any atom is -0.356 e. The van der Waals surface area contributed by atoms with Crippen molar-refractivity contribution in [3.8, 4) is 0 Å². The molecule has 1 aromatic rings. The van der Waals surface area contributed by atoms with Gasteiger partial charge in [-0.2, -0.15) is 0 Å². The molecule has 5 heteroatoms. The van der Waals surface area contributed by atoms with Crippen LogP contribution in [0.15, 0.2) is 35.3 Å². The molecule has 0 heterocycles. The van der Waals surface area contributed by atoms with E-state index in [0.717, 1.165) is 44.5 Å². The number of benzene rings is 1. The molecule has 0 spiro atoms. The Morgan fingerprint density at radius 1 is 1.13 bits per heavy atom. The molecule has 1 aromatic carbocycles. The molecule has 0 atom stereocenters. The molecule has 4 nitrogen and oxygen atoms in total. The Bertz CT molecular complexity index is 420. The van der Waals surface area contributed by atoms with E-state index in [9.17, 15) is 0 Å². The first kappa shape index (κ1) is 22.2. The smallest absolute Gasteiger partial charge is 0.190 e. The average molecular weight is 432 g/mol. The average Bonchev–Trinajstić information content (AvgIpc) is 2.50. The standard InChI is InChI=1S/C18H32N4.HI/c1-16(2)11-13-21-18(19-3)20-12-8-14-22(4)15-17-9-6-5-7-10-17;/h5-7,9-10,16H,8,11-15H2,1-4H3,(H2,19,20,21);1H. The van der Waals surface area contributed by atoms with Crippen molar-refractivity contribution in [1.29, 1.82) is 0 Å². The maximum Gasteiger partial charge on any atom is 0.190 e. The molecule has 0 saturated heterocycles. The van der Waals surface area contributed by atoms with Gasteiger partial charge in [-0.05, 0) is 37.9 Å². The first-order chi connectivity index (χ1) is 10.6. The molecule has 0 unspecified atom stereocenters. The van der Waals surface area contributed by atoms with E-state index in [1.807, 2.05) is 7.05 Å². The van der Waals surface area contributed by atoms with E-state index < -0.39 is 0 Å². The molecule has 2 N–H and O–H groups in total. The normalized spacial score (nSPS) is 11.5. The molecular formula is C18H33IN4. The summed E-state index contributed by atoms with van der Waals surface area (Å²) >= 11 is 0. The highest BCUT2D eigenvalue weighted by Gasteiger charge is 2.01. The van der Waals surface area contributed by atoms with Crippen LogP contribution in [0.4, 0.5) is 0 Å². The van der Waals surface area contributed by atoms with Crippen molar-refractivity contribution in [3.63, 3.8) is 0 Å². The molecule has 0 aliphatic carbocycles. The van der Waals surface area contributed by atoms with Crippen molar-refractivity contribution in [3.05, 3.63) is 35.9 Å². The van der Waals surface area contributed by atoms with E-state index in [-0.39, 0.29) is 24.0 Å². The van der Waals surface area contributed by atoms with E-state index in [1.165, 1.54) is 12.0 Å². The fraction of sp³-hybridized carbons (Fsp3) is 0.611. The minimum atomic E-state index is 0. The lowest BCUT2D eigenvalue weighted by molar-refractivity contribution is 0.322. The second kappa shape index (κ2) is 13.6. The maximum absolute atomic E-state index is 4.25. The van der Waals surface area contributed by atoms with Crippen molar-refractivity contribution in [1.82, 2.24) is 15.5 Å². The second-order valence-corrected chi connectivity index (χ2v) is 6.19. The lowest BCUT2D eigenvalue weighted by Crippen LogP contribution is -2.39. The molecule has 0 amide bonds. The molecule has 0 fully saturated rings. The van der Waals surface area contributed by atoms with Gasteiger partial charge in [0.2, 0.25) is 0 Å². The molecule has 132 valence electrons. The Balaban J connectivity index is 0.00000484. The van der Waals surface area contributed by atoms with Crippen LogP contribution in [-0.2, 0) is 6.54 Å². The maximum atomic E-state index is 4.25. The summed E-state index contributed by atoms with van der Waals surface area (Å²) in [4.78, 5) is 6.60. The van der Waals surface area contributed by atoms with E-state index in [2.05, 4.69) is 71.8 Å². The van der Waals surface area contributed by atoms with E-state index >= 15 is 0 Å². The Morgan fingerprint density at radius 2 is 1.78 bits per heavy atom. The van der Waals surface area contributed by atoms with Crippen LogP contribution in [0, 0.1) is 5.92 Å². The van der Waals surface area contributed by atoms with E-state index in [1.54, 1.807) is 0 Å². The zero-order chi connectivity index (χ0) is 16.2. The fourth-order valence-corrected chi connectivity index (χ4v) is 2.23. The largest absolute Gasteiger partial charge is 0.356 e. The van der Waals surface area contributed by atoms with Crippen molar-refractivity contribution in [2.75, 3.05) is 33.7 Å². The van der Waals surface area contributed by atoms with Crippen LogP contribution in [0.25, 0.3) is 0 Å². The van der Waals surface area contributed by atoms with Crippen LogP contribution in [-0.4, -0.2) is 44.6 Å². The summed E-state index contributed by atoms with van der Waals surface area (Å²) < 4.78 is 0. The summed E-state index contributed by atoms with van der Waals surface area (Å²) in [5, 5.41) is 6.73. The summed E-state index contributed by atoms with van der Waals surface area (Å²) in [7, 11) is 3.99. The Labute approximate surface area is 159 Å². The summed E-state index contributed by atoms with van der Waals surface area (Å²) in [5.74, 6) is 1.63. The fourth-order valence-electron chi connectivity index (χ4n) is 2.23. The summed E-state index contributed by atoms with van der Waals surface area (Å²) in [6.07, 6.45) is 2.27. The van der Waals surface area contributed by atoms with Crippen molar-refractivity contribution < 1.29 is 0 Å². The zero-order valence-corrected chi connectivity index (χ0v) is 17.3. The van der Waals surface area contributed by atoms with Gasteiger partial charge in [-0.25, -0.2) is 0 Å². The van der Waals surface area contributed by atoms with Gasteiger partial charge in [0.15, 0.2) is 5.96 Å². The number of aliphatic imine (C=N–C) groups is 1. The predicted molar refractivity (Wildman–Crippen MR) is 112 cm³/mol. The van der Waals surface area contributed by atoms with Crippen molar-refractivity contribution in [2.45, 2.75) is 33.2 Å². The van der Waals surface area contributed by atoms with E-state index in [0.29, 0.717) is 0 Å². The van der Waals surface area contributed by atoms with Crippen LogP contribution in [0.1, 0.15) is 32.3 Å². The monoisotopic (exact) mass is 432 g/mol. The van der Waals surface area contributed by atoms with Crippen LogP contribution in [0.5, 0.6) is 0 Å². The molecule has 23 heavy (non-hydrogen) atoms. The Hall–Kier alpha value is -0.820. The number of hydrogen-bond donors (Lipinski definition) is 2. The number of hydrogen-bond acceptors (Lipinski definition) is 2. The lowest BCUT2D eigenvalue weighted by Gasteiger charge is -2.17. The molecule has 0 radical (unpaired) electrons. The molecule has 0 aromatic heterocycles. The number of nitrogens with zero attached hydrogens (tertiary/aromatic N) is 2. The molecule has 1 rings (SSSR count). The highest BCUT2D eigenvalue weighted by Crippen LogP contribution is 2.02. The summed E-state index contributed by atoms with van der Waals surface area (Å²) in [6.45, 7) is 8.47. The number of halogens is 1. The van der Waals surface area contributed by atoms with Gasteiger partial charge >= 0.3 is 0 Å². The van der Waals surface area contributed by atoms with Gasteiger partial charge in [-0.15, -0.1) is 24.0 Å². The van der Waals surface area contributed by atoms with Gasteiger partial charge in [0.05, 0.1) is 0 Å². The lowest BCUT2D eigenvalue weighted by atomic mass is 10.1. The molecule has 0 aliphatic heterocycles. The van der Waals surface area contributed by atoms with Crippen molar-refractivity contribution >= 4 is 29.9 Å². The third kappa shape index (κ3) is 11.4. The number of nitrogens with one attached hydrogen (secondary N) is 2. The van der Waals surface area contributed by atoms with Gasteiger partial charge in [0.1, 0.15) is 0 Å². The van der Waals surface area contributed by atoms with Gasteiger partial charge in [-0.1, -0.05) is 44.2 Å². The number of guanidine groups is 1. The quantitative estimate of drug-likeness (QED) is 0.272. The molecule has 0 bridgehead atoms. The topological polar surface area (TPSA) is 39.7 Å². The van der Waals surface area contributed by atoms with Crippen LogP contribution >= 0.6 is 24.0 Å². The minimum absolute atomic E-state index is 0. The van der Waals surface area contributed by atoms with Gasteiger partial charge in [0, 0.05) is 26.7 Å². The highest BCUT2D eigenvalue weighted by atomic mass is 127. The molecular weight excluding hydrogens is 399 g/mol. The highest BCUT2D eigenvalue weighted by molar-refractivity contribution is 14.0. The van der Waals surface area contributed by atoms with Gasteiger partial charge < -0.3 is 15.5 Å². The SMILES string of the molecule is CN=C(NCCCN(C)Cc1ccccc1)NCCC(C)C.I. The third-order valence-corrected chi connectivity index (χ3v) is 3.54. The summed E-state index contributed by atoms with van der Waals surface area (Å²) in [6, 6.07) is 10.6. The Morgan fingerprint density at radius 3 is 2.39 bits per heavy atom. The second-order valence-electron chi connectivity index (χ2n) is 6.19. The predicted octanol–water partition coefficient (Wildman–Crippen LogP) is 3.34. The Kier molecular flexibility index (Phi) is 13.1. The van der Waals surface area contributed by atoms with Crippen LogP contribution in [0.2, 0.25) is 0 Å².